The van der Waals surface area contributed by atoms with Crippen molar-refractivity contribution in [3.05, 3.63) is 107 Å². The number of phenolic OH excluding ortho intramolecular Hbond substituents is 1. The summed E-state index contributed by atoms with van der Waals surface area (Å²) in [5.74, 6) is -1.75. The van der Waals surface area contributed by atoms with Crippen molar-refractivity contribution in [3.8, 4) is 33.3 Å². The number of phenols is 1. The quantitative estimate of drug-likeness (QED) is 0.0270. The van der Waals surface area contributed by atoms with E-state index < -0.39 is 41.2 Å². The van der Waals surface area contributed by atoms with Crippen molar-refractivity contribution >= 4 is 74.1 Å². The van der Waals surface area contributed by atoms with Crippen LogP contribution < -0.4 is 20.3 Å². The number of rotatable bonds is 28. The maximum Gasteiger partial charge on any atom is 0.319 e. The third-order valence-corrected chi connectivity index (χ3v) is 17.6. The number of ether oxygens (including phenoxy) is 6. The Hall–Kier alpha value is -6.93. The summed E-state index contributed by atoms with van der Waals surface area (Å²) in [6.45, 7) is 21.0. The van der Waals surface area contributed by atoms with Crippen LogP contribution >= 0.6 is 22.9 Å². The van der Waals surface area contributed by atoms with Gasteiger partial charge in [-0.15, -0.1) is 11.3 Å². The molecule has 3 fully saturated rings. The maximum atomic E-state index is 17.1. The first kappa shape index (κ1) is 67.5. The largest absolute Gasteiger partial charge is 0.508 e. The Bertz CT molecular complexity index is 3450. The lowest BCUT2D eigenvalue weighted by Gasteiger charge is -2.35. The van der Waals surface area contributed by atoms with E-state index in [2.05, 4.69) is 32.1 Å². The van der Waals surface area contributed by atoms with Crippen LogP contribution in [0.1, 0.15) is 71.2 Å². The molecule has 0 radical (unpaired) electrons. The predicted octanol–water partition coefficient (Wildman–Crippen LogP) is 7.90. The van der Waals surface area contributed by atoms with Crippen LogP contribution in [-0.2, 0) is 42.9 Å². The lowest BCUT2D eigenvalue weighted by atomic mass is 9.85. The number of amides is 4. The molecule has 4 N–H and O–H groups in total. The van der Waals surface area contributed by atoms with Gasteiger partial charge in [0.25, 0.3) is 0 Å². The molecule has 24 heteroatoms. The smallest absolute Gasteiger partial charge is 0.319 e. The fourth-order valence-corrected chi connectivity index (χ4v) is 12.7. The number of halogens is 2. The molecule has 0 unspecified atom stereocenters. The second-order valence-corrected chi connectivity index (χ2v) is 25.3. The number of fused-ring (bicyclic) bond motifs is 2. The molecule has 21 nitrogen and oxygen atoms in total. The van der Waals surface area contributed by atoms with Crippen molar-refractivity contribution in [1.82, 2.24) is 40.3 Å². The van der Waals surface area contributed by atoms with Gasteiger partial charge in [-0.1, -0.05) is 87.5 Å². The number of aryl methyl sites for hydroxylation is 1. The minimum absolute atomic E-state index is 0.0123. The average molecular weight is 1280 g/mol. The molecule has 9 rings (SSSR count). The van der Waals surface area contributed by atoms with Crippen molar-refractivity contribution in [2.24, 2.45) is 5.41 Å². The topological polar surface area (TPSA) is 240 Å². The lowest BCUT2D eigenvalue weighted by molar-refractivity contribution is -0.144. The van der Waals surface area contributed by atoms with Crippen molar-refractivity contribution < 1.29 is 62.2 Å². The van der Waals surface area contributed by atoms with Gasteiger partial charge in [-0.25, -0.2) is 9.37 Å². The highest BCUT2D eigenvalue weighted by Gasteiger charge is 2.45. The molecule has 0 aliphatic carbocycles. The number of hydrogen-bond donors (Lipinski definition) is 4. The summed E-state index contributed by atoms with van der Waals surface area (Å²) in [4.78, 5) is 75.6. The zero-order valence-corrected chi connectivity index (χ0v) is 53.7. The molecule has 4 amide bonds. The summed E-state index contributed by atoms with van der Waals surface area (Å²) < 4.78 is 52.3. The van der Waals surface area contributed by atoms with Crippen LogP contribution in [0.15, 0.2) is 84.9 Å². The Labute approximate surface area is 533 Å². The van der Waals surface area contributed by atoms with E-state index in [9.17, 15) is 29.4 Å². The third-order valence-electron chi connectivity index (χ3n) is 16.4. The Morgan fingerprint density at radius 3 is 2.18 bits per heavy atom. The summed E-state index contributed by atoms with van der Waals surface area (Å²) in [5, 5.41) is 29.1. The molecule has 3 saturated heterocycles. The van der Waals surface area contributed by atoms with Gasteiger partial charge in [0.1, 0.15) is 41.9 Å². The van der Waals surface area contributed by atoms with E-state index in [1.165, 1.54) is 17.0 Å². The molecule has 0 saturated carbocycles. The Balaban J connectivity index is 0.636. The molecular weight excluding hydrogens is 1200 g/mol. The summed E-state index contributed by atoms with van der Waals surface area (Å²) in [5.41, 5.74) is 4.52. The van der Waals surface area contributed by atoms with Gasteiger partial charge in [0.05, 0.1) is 92.2 Å². The van der Waals surface area contributed by atoms with Gasteiger partial charge >= 0.3 is 6.01 Å². The van der Waals surface area contributed by atoms with Gasteiger partial charge in [-0.3, -0.25) is 24.1 Å². The number of aromatic hydroxyl groups is 1. The van der Waals surface area contributed by atoms with Gasteiger partial charge in [-0.2, -0.15) is 9.97 Å². The minimum atomic E-state index is -0.989. The van der Waals surface area contributed by atoms with Crippen LogP contribution in [0.25, 0.3) is 43.2 Å². The second kappa shape index (κ2) is 31.4. The molecule has 0 spiro atoms. The Kier molecular flexibility index (Phi) is 23.5. The number of anilines is 1. The second-order valence-electron chi connectivity index (χ2n) is 24.1. The molecule has 4 aromatic carbocycles. The first-order valence-corrected chi connectivity index (χ1v) is 32.0. The Morgan fingerprint density at radius 1 is 0.856 bits per heavy atom. The van der Waals surface area contributed by atoms with Crippen LogP contribution in [0.2, 0.25) is 5.02 Å². The first-order chi connectivity index (χ1) is 43.3. The standard InChI is InChI=1S/C66H83ClFN9O12S/c1-8-56(81)75-21-23-76(24-22-75)62-52-36-53(67)57(51-34-47(78)33-46-11-9-10-12-50(46)51)58(68)59(52)72-65(73-62)89-41(2)37-74-19-17-49(18-20-74)88-32-31-86-28-27-84-25-26-85-29-30-87-39-55(80)71-61(66(5,6)7)64(83)77-38-48(79)35-54(77)63(82)70-42(3)44-13-15-45(16-14-44)60-43(4)69-40-90-60/h8-16,33-34,36,40-42,48-49,54,61,78-79H,1,17-32,35,37-39H2,2-7H3,(H,70,82)(H,71,80)/t41-,42+,48-,54+,61-/m1/s1. The summed E-state index contributed by atoms with van der Waals surface area (Å²) in [7, 11) is 0. The number of hydrogen-bond acceptors (Lipinski definition) is 18. The summed E-state index contributed by atoms with van der Waals surface area (Å²) in [6.07, 6.45) is 1.84. The van der Waals surface area contributed by atoms with E-state index in [-0.39, 0.29) is 90.7 Å². The van der Waals surface area contributed by atoms with Crippen LogP contribution in [0.3, 0.4) is 0 Å². The number of carbonyl (C=O) groups excluding carboxylic acids is 4. The minimum Gasteiger partial charge on any atom is -0.508 e. The third kappa shape index (κ3) is 17.4. The number of nitrogens with one attached hydrogen (secondary N) is 2. The van der Waals surface area contributed by atoms with Crippen LogP contribution in [0.4, 0.5) is 10.2 Å². The van der Waals surface area contributed by atoms with Crippen LogP contribution in [0.5, 0.6) is 11.8 Å². The lowest BCUT2D eigenvalue weighted by Crippen LogP contribution is -2.58. The average Bonchev–Trinajstić information content (AvgIpc) is 0.935. The number of benzene rings is 4. The highest BCUT2D eigenvalue weighted by atomic mass is 35.5. The molecule has 0 bridgehead atoms. The number of carbonyl (C=O) groups is 4. The SMILES string of the molecule is C=CC(=O)N1CCN(c2nc(O[C@H](C)CN3CCC(OCCOCCOCCOCCOCC(=O)N[C@H](C(=O)N4C[C@H](O)C[C@H]4C(=O)N[C@@H](C)c4ccc(-c5scnc5C)cc4)C(C)(C)C)CC3)nc3c(F)c(-c4cc(O)cc5ccccc45)c(Cl)cc23)CC1. The molecule has 3 aliphatic heterocycles. The van der Waals surface area contributed by atoms with Gasteiger partial charge in [0.2, 0.25) is 23.6 Å². The zero-order valence-electron chi connectivity index (χ0n) is 52.1. The van der Waals surface area contributed by atoms with Gasteiger partial charge < -0.3 is 64.0 Å². The number of aromatic nitrogens is 3. The Morgan fingerprint density at radius 2 is 1.52 bits per heavy atom. The molecule has 2 aromatic heterocycles. The maximum absolute atomic E-state index is 17.1. The van der Waals surface area contributed by atoms with Crippen LogP contribution in [0, 0.1) is 18.2 Å². The zero-order chi connectivity index (χ0) is 64.1. The molecule has 6 aromatic rings. The monoisotopic (exact) mass is 1280 g/mol. The molecule has 3 aliphatic rings. The van der Waals surface area contributed by atoms with E-state index in [0.717, 1.165) is 53.0 Å². The molecule has 5 heterocycles. The van der Waals surface area contributed by atoms with Gasteiger partial charge in [-0.05, 0) is 90.8 Å². The normalized spacial score (nSPS) is 17.8. The van der Waals surface area contributed by atoms with Crippen molar-refractivity contribution in [3.63, 3.8) is 0 Å². The number of β-amino-alcohol motifs (C(OH)–C–C–N with tert-alkyl or cyclic N) is 1. The van der Waals surface area contributed by atoms with E-state index in [1.54, 1.807) is 28.4 Å². The first-order valence-electron chi connectivity index (χ1n) is 30.7. The molecule has 5 atom stereocenters. The molecular formula is C66H83ClFN9O12S. The van der Waals surface area contributed by atoms with Gasteiger partial charge in [0.15, 0.2) is 5.82 Å². The van der Waals surface area contributed by atoms with Crippen molar-refractivity contribution in [1.29, 1.82) is 0 Å². The van der Waals surface area contributed by atoms with E-state index in [1.807, 2.05) is 100 Å². The highest BCUT2D eigenvalue weighted by molar-refractivity contribution is 7.13. The highest BCUT2D eigenvalue weighted by Crippen LogP contribution is 2.43. The predicted molar refractivity (Wildman–Crippen MR) is 343 cm³/mol. The molecule has 484 valence electrons. The number of aliphatic hydroxyl groups excluding tert-OH is 1. The van der Waals surface area contributed by atoms with E-state index in [4.69, 9.17) is 45.0 Å². The number of thiazole rings is 1. The number of likely N-dealkylation sites (tertiary alicyclic amines) is 2. The number of piperidine rings is 1. The summed E-state index contributed by atoms with van der Waals surface area (Å²) >= 11 is 8.50. The molecule has 90 heavy (non-hydrogen) atoms. The van der Waals surface area contributed by atoms with E-state index >= 15 is 4.39 Å². The van der Waals surface area contributed by atoms with E-state index in [0.29, 0.717) is 94.5 Å². The number of nitrogens with zero attached hydrogens (tertiary/aromatic N) is 7. The number of aliphatic hydroxyl groups is 1. The fraction of sp³-hybridized carbons (Fsp3) is 0.500. The van der Waals surface area contributed by atoms with Crippen molar-refractivity contribution in [2.75, 3.05) is 117 Å². The van der Waals surface area contributed by atoms with Gasteiger partial charge in [0, 0.05) is 69.7 Å². The van der Waals surface area contributed by atoms with Crippen molar-refractivity contribution in [2.45, 2.75) is 97.2 Å². The van der Waals surface area contributed by atoms with Crippen LogP contribution in [-0.4, -0.2) is 206 Å². The fourth-order valence-electron chi connectivity index (χ4n) is 11.6. The number of piperazine rings is 1. The summed E-state index contributed by atoms with van der Waals surface area (Å²) in [6, 6.07) is 17.8.